The summed E-state index contributed by atoms with van der Waals surface area (Å²) in [5.41, 5.74) is 4.43. The van der Waals surface area contributed by atoms with Crippen LogP contribution in [0.1, 0.15) is 5.56 Å². The van der Waals surface area contributed by atoms with Crippen molar-refractivity contribution < 1.29 is 22.7 Å². The molecule has 0 spiro atoms. The fourth-order valence-electron chi connectivity index (χ4n) is 1.13. The predicted octanol–water partition coefficient (Wildman–Crippen LogP) is 1.11. The Morgan fingerprint density at radius 1 is 1.13 bits per heavy atom. The normalized spacial score (nSPS) is 12.9. The second-order valence-corrected chi connectivity index (χ2v) is 3.09. The maximum Gasteiger partial charge on any atom is 0.165 e. The van der Waals surface area contributed by atoms with Gasteiger partial charge in [-0.05, 0) is 6.42 Å². The summed E-state index contributed by atoms with van der Waals surface area (Å²) in [5.74, 6) is -5.90. The van der Waals surface area contributed by atoms with Crippen LogP contribution in [0.25, 0.3) is 0 Å². The molecule has 0 aliphatic heterocycles. The van der Waals surface area contributed by atoms with E-state index in [1.54, 1.807) is 0 Å². The number of hydrogen-bond acceptors (Lipinski definition) is 2. The van der Waals surface area contributed by atoms with Crippen molar-refractivity contribution in [1.82, 2.24) is 0 Å². The van der Waals surface area contributed by atoms with E-state index in [-0.39, 0.29) is 6.07 Å². The molecule has 1 aromatic carbocycles. The van der Waals surface area contributed by atoms with Crippen LogP contribution < -0.4 is 5.73 Å². The lowest BCUT2D eigenvalue weighted by Crippen LogP contribution is -2.28. The molecule has 0 aliphatic carbocycles. The zero-order valence-corrected chi connectivity index (χ0v) is 7.61. The average molecular weight is 223 g/mol. The number of rotatable bonds is 3. The van der Waals surface area contributed by atoms with Gasteiger partial charge in [0.15, 0.2) is 23.3 Å². The van der Waals surface area contributed by atoms with Crippen molar-refractivity contribution in [2.75, 3.05) is 6.61 Å². The van der Waals surface area contributed by atoms with Crippen molar-refractivity contribution in [1.29, 1.82) is 0 Å². The van der Waals surface area contributed by atoms with Crippen LogP contribution in [0.4, 0.5) is 17.6 Å². The second kappa shape index (κ2) is 4.59. The molecule has 0 bridgehead atoms. The van der Waals surface area contributed by atoms with Crippen molar-refractivity contribution >= 4 is 0 Å². The summed E-state index contributed by atoms with van der Waals surface area (Å²) in [6.07, 6.45) is -0.469. The molecule has 6 heteroatoms. The van der Waals surface area contributed by atoms with Gasteiger partial charge in [-0.2, -0.15) is 0 Å². The average Bonchev–Trinajstić information content (AvgIpc) is 2.21. The molecule has 1 unspecified atom stereocenters. The predicted molar refractivity (Wildman–Crippen MR) is 45.0 cm³/mol. The second-order valence-electron chi connectivity index (χ2n) is 3.09. The van der Waals surface area contributed by atoms with Crippen molar-refractivity contribution in [2.24, 2.45) is 5.73 Å². The standard InChI is InChI=1S/C9H9F4NO/c10-6-2-7(11)9(13)5(8(6)12)1-4(14)3-15/h2,4,15H,1,3,14H2. The number of benzene rings is 1. The zero-order chi connectivity index (χ0) is 11.6. The van der Waals surface area contributed by atoms with Gasteiger partial charge >= 0.3 is 0 Å². The minimum absolute atomic E-state index is 0.124. The lowest BCUT2D eigenvalue weighted by Gasteiger charge is -2.10. The Balaban J connectivity index is 3.15. The van der Waals surface area contributed by atoms with Crippen LogP contribution in [0.15, 0.2) is 6.07 Å². The summed E-state index contributed by atoms with van der Waals surface area (Å²) in [6, 6.07) is -0.839. The molecular formula is C9H9F4NO. The monoisotopic (exact) mass is 223 g/mol. The van der Waals surface area contributed by atoms with E-state index < -0.39 is 47.9 Å². The molecule has 2 nitrogen and oxygen atoms in total. The highest BCUT2D eigenvalue weighted by Crippen LogP contribution is 2.20. The van der Waals surface area contributed by atoms with Gasteiger partial charge in [0, 0.05) is 17.7 Å². The van der Waals surface area contributed by atoms with Gasteiger partial charge in [-0.15, -0.1) is 0 Å². The molecule has 0 amide bonds. The Hall–Kier alpha value is -1.14. The Labute approximate surface area is 83.3 Å². The molecule has 0 saturated heterocycles. The van der Waals surface area contributed by atoms with E-state index in [4.69, 9.17) is 10.8 Å². The lowest BCUT2D eigenvalue weighted by atomic mass is 10.1. The van der Waals surface area contributed by atoms with E-state index in [1.807, 2.05) is 0 Å². The molecule has 15 heavy (non-hydrogen) atoms. The van der Waals surface area contributed by atoms with E-state index in [9.17, 15) is 17.6 Å². The summed E-state index contributed by atoms with van der Waals surface area (Å²) < 4.78 is 51.4. The Morgan fingerprint density at radius 3 is 2.00 bits per heavy atom. The Morgan fingerprint density at radius 2 is 1.60 bits per heavy atom. The van der Waals surface area contributed by atoms with Crippen molar-refractivity contribution in [3.05, 3.63) is 34.9 Å². The van der Waals surface area contributed by atoms with Crippen LogP contribution in [0.2, 0.25) is 0 Å². The number of nitrogens with two attached hydrogens (primary N) is 1. The number of aliphatic hydroxyl groups is 1. The third-order valence-corrected chi connectivity index (χ3v) is 1.90. The third kappa shape index (κ3) is 2.45. The molecule has 1 aromatic rings. The first-order chi connectivity index (χ1) is 6.97. The summed E-state index contributed by atoms with van der Waals surface area (Å²) in [4.78, 5) is 0. The largest absolute Gasteiger partial charge is 0.395 e. The summed E-state index contributed by atoms with van der Waals surface area (Å²) in [7, 11) is 0. The molecule has 1 atom stereocenters. The topological polar surface area (TPSA) is 46.2 Å². The van der Waals surface area contributed by atoms with Crippen LogP contribution in [-0.2, 0) is 6.42 Å². The van der Waals surface area contributed by atoms with Crippen LogP contribution in [0, 0.1) is 23.3 Å². The molecule has 84 valence electrons. The molecule has 0 heterocycles. The summed E-state index contributed by atoms with van der Waals surface area (Å²) >= 11 is 0. The Bertz CT molecular complexity index is 343. The van der Waals surface area contributed by atoms with Crippen molar-refractivity contribution in [3.8, 4) is 0 Å². The number of halogens is 4. The molecular weight excluding hydrogens is 214 g/mol. The van der Waals surface area contributed by atoms with Crippen LogP contribution in [0.3, 0.4) is 0 Å². The summed E-state index contributed by atoms with van der Waals surface area (Å²) in [6.45, 7) is -0.531. The van der Waals surface area contributed by atoms with Crippen LogP contribution in [0.5, 0.6) is 0 Å². The molecule has 0 aliphatic rings. The zero-order valence-electron chi connectivity index (χ0n) is 7.61. The van der Waals surface area contributed by atoms with E-state index in [1.165, 1.54) is 0 Å². The van der Waals surface area contributed by atoms with Crippen LogP contribution >= 0.6 is 0 Å². The first-order valence-electron chi connectivity index (χ1n) is 4.15. The van der Waals surface area contributed by atoms with Crippen molar-refractivity contribution in [2.45, 2.75) is 12.5 Å². The third-order valence-electron chi connectivity index (χ3n) is 1.90. The van der Waals surface area contributed by atoms with E-state index >= 15 is 0 Å². The number of aliphatic hydroxyl groups excluding tert-OH is 1. The van der Waals surface area contributed by atoms with Gasteiger partial charge in [0.25, 0.3) is 0 Å². The van der Waals surface area contributed by atoms with Gasteiger partial charge in [-0.3, -0.25) is 0 Å². The van der Waals surface area contributed by atoms with Gasteiger partial charge in [-0.25, -0.2) is 17.6 Å². The molecule has 0 saturated carbocycles. The van der Waals surface area contributed by atoms with Gasteiger partial charge in [0.2, 0.25) is 0 Å². The molecule has 0 fully saturated rings. The number of hydrogen-bond donors (Lipinski definition) is 2. The molecule has 3 N–H and O–H groups in total. The highest BCUT2D eigenvalue weighted by molar-refractivity contribution is 5.23. The fraction of sp³-hybridized carbons (Fsp3) is 0.333. The van der Waals surface area contributed by atoms with Crippen molar-refractivity contribution in [3.63, 3.8) is 0 Å². The minimum atomic E-state index is -1.48. The SMILES string of the molecule is NC(CO)Cc1c(F)c(F)cc(F)c1F. The minimum Gasteiger partial charge on any atom is -0.395 e. The maximum absolute atomic E-state index is 13.0. The van der Waals surface area contributed by atoms with E-state index in [2.05, 4.69) is 0 Å². The van der Waals surface area contributed by atoms with Gasteiger partial charge in [0.05, 0.1) is 6.61 Å². The Kier molecular flexibility index (Phi) is 3.65. The van der Waals surface area contributed by atoms with Crippen LogP contribution in [-0.4, -0.2) is 17.8 Å². The molecule has 1 rings (SSSR count). The fourth-order valence-corrected chi connectivity index (χ4v) is 1.13. The lowest BCUT2D eigenvalue weighted by molar-refractivity contribution is 0.263. The summed E-state index contributed by atoms with van der Waals surface area (Å²) in [5, 5.41) is 8.56. The van der Waals surface area contributed by atoms with Gasteiger partial charge < -0.3 is 10.8 Å². The first kappa shape index (κ1) is 11.9. The van der Waals surface area contributed by atoms with Gasteiger partial charge in [0.1, 0.15) is 0 Å². The van der Waals surface area contributed by atoms with Gasteiger partial charge in [-0.1, -0.05) is 0 Å². The first-order valence-corrected chi connectivity index (χ1v) is 4.15. The smallest absolute Gasteiger partial charge is 0.165 e. The van der Waals surface area contributed by atoms with E-state index in [0.717, 1.165) is 0 Å². The quantitative estimate of drug-likeness (QED) is 0.595. The van der Waals surface area contributed by atoms with E-state index in [0.29, 0.717) is 0 Å². The maximum atomic E-state index is 13.0. The molecule has 0 aromatic heterocycles. The highest BCUT2D eigenvalue weighted by Gasteiger charge is 2.20. The highest BCUT2D eigenvalue weighted by atomic mass is 19.2. The molecule has 0 radical (unpaired) electrons.